The molecule has 0 saturated heterocycles. The first-order valence-electron chi connectivity index (χ1n) is 9.10. The van der Waals surface area contributed by atoms with Gasteiger partial charge in [-0.05, 0) is 43.7 Å². The maximum absolute atomic E-state index is 2.68. The van der Waals surface area contributed by atoms with Gasteiger partial charge in [-0.15, -0.1) is 0 Å². The third kappa shape index (κ3) is 4.49. The third-order valence-electron chi connectivity index (χ3n) is 4.52. The Bertz CT molecular complexity index is 410. The second kappa shape index (κ2) is 9.12. The number of fused-ring (bicyclic) bond motifs is 1. The predicted octanol–water partition coefficient (Wildman–Crippen LogP) is 5.99. The van der Waals surface area contributed by atoms with E-state index >= 15 is 0 Å². The highest BCUT2D eigenvalue weighted by Gasteiger charge is 2.29. The highest BCUT2D eigenvalue weighted by atomic mass is 15.2. The molecular formula is C20H35N. The number of benzene rings is 1. The summed E-state index contributed by atoms with van der Waals surface area (Å²) < 4.78 is 0. The Morgan fingerprint density at radius 2 is 1.76 bits per heavy atom. The summed E-state index contributed by atoms with van der Waals surface area (Å²) in [4.78, 5) is 2.68. The number of hydrogen-bond acceptors (Lipinski definition) is 1. The van der Waals surface area contributed by atoms with Crippen LogP contribution in [-0.4, -0.2) is 12.6 Å². The van der Waals surface area contributed by atoms with Crippen molar-refractivity contribution in [2.24, 2.45) is 5.92 Å². The van der Waals surface area contributed by atoms with Crippen LogP contribution in [0.15, 0.2) is 18.2 Å². The fourth-order valence-corrected chi connectivity index (χ4v) is 3.62. The molecule has 1 nitrogen and oxygen atoms in total. The smallest absolute Gasteiger partial charge is 0.0402 e. The van der Waals surface area contributed by atoms with Crippen LogP contribution in [0.25, 0.3) is 0 Å². The van der Waals surface area contributed by atoms with Crippen molar-refractivity contribution in [2.75, 3.05) is 11.4 Å². The van der Waals surface area contributed by atoms with E-state index in [2.05, 4.69) is 36.9 Å². The minimum atomic E-state index is 0.808. The molecule has 1 aromatic rings. The SMILES string of the molecule is CC.CC.Cc1ccc2c(c1)CCN2C1CCCC(C)C1. The summed E-state index contributed by atoms with van der Waals surface area (Å²) in [7, 11) is 0. The number of aryl methyl sites for hydroxylation is 1. The van der Waals surface area contributed by atoms with Crippen LogP contribution < -0.4 is 4.90 Å². The molecule has 0 aromatic heterocycles. The normalized spacial score (nSPS) is 23.4. The first-order chi connectivity index (χ1) is 10.2. The molecule has 0 bridgehead atoms. The molecule has 0 N–H and O–H groups in total. The van der Waals surface area contributed by atoms with Gasteiger partial charge in [-0.1, -0.05) is 65.2 Å². The Morgan fingerprint density at radius 1 is 1.05 bits per heavy atom. The van der Waals surface area contributed by atoms with Gasteiger partial charge in [0, 0.05) is 18.3 Å². The van der Waals surface area contributed by atoms with Crippen molar-refractivity contribution in [1.29, 1.82) is 0 Å². The average molecular weight is 290 g/mol. The molecule has 1 heteroatoms. The van der Waals surface area contributed by atoms with Gasteiger partial charge in [0.15, 0.2) is 0 Å². The Hall–Kier alpha value is -0.980. The van der Waals surface area contributed by atoms with E-state index in [0.717, 1.165) is 12.0 Å². The highest BCUT2D eigenvalue weighted by molar-refractivity contribution is 5.59. The van der Waals surface area contributed by atoms with Crippen molar-refractivity contribution in [3.8, 4) is 0 Å². The Labute approximate surface area is 132 Å². The quantitative estimate of drug-likeness (QED) is 0.614. The van der Waals surface area contributed by atoms with Crippen LogP contribution in [0.3, 0.4) is 0 Å². The zero-order chi connectivity index (χ0) is 15.8. The first kappa shape index (κ1) is 18.1. The van der Waals surface area contributed by atoms with E-state index in [9.17, 15) is 0 Å². The maximum atomic E-state index is 2.68. The minimum absolute atomic E-state index is 0.808. The monoisotopic (exact) mass is 289 g/mol. The average Bonchev–Trinajstić information content (AvgIpc) is 2.94. The third-order valence-corrected chi connectivity index (χ3v) is 4.52. The molecule has 0 spiro atoms. The second-order valence-corrected chi connectivity index (χ2v) is 6.00. The van der Waals surface area contributed by atoms with E-state index in [0.29, 0.717) is 0 Å². The van der Waals surface area contributed by atoms with Crippen molar-refractivity contribution >= 4 is 5.69 Å². The standard InChI is InChI=1S/C16H23N.2C2H6/c1-12-4-3-5-15(11-12)17-9-8-14-10-13(2)6-7-16(14)17;2*1-2/h6-7,10,12,15H,3-5,8-9,11H2,1-2H3;2*1-2H3. The molecule has 1 fully saturated rings. The fraction of sp³-hybridized carbons (Fsp3) is 0.700. The van der Waals surface area contributed by atoms with Gasteiger partial charge in [0.05, 0.1) is 0 Å². The van der Waals surface area contributed by atoms with Crippen LogP contribution in [0.1, 0.15) is 71.4 Å². The van der Waals surface area contributed by atoms with Crippen LogP contribution in [0.2, 0.25) is 0 Å². The van der Waals surface area contributed by atoms with Crippen molar-refractivity contribution in [1.82, 2.24) is 0 Å². The Morgan fingerprint density at radius 3 is 2.43 bits per heavy atom. The van der Waals surface area contributed by atoms with Crippen LogP contribution >= 0.6 is 0 Å². The molecule has 0 amide bonds. The van der Waals surface area contributed by atoms with Gasteiger partial charge in [-0.3, -0.25) is 0 Å². The summed E-state index contributed by atoms with van der Waals surface area (Å²) in [5, 5.41) is 0. The maximum Gasteiger partial charge on any atom is 0.0402 e. The molecule has 1 saturated carbocycles. The molecule has 1 aromatic carbocycles. The van der Waals surface area contributed by atoms with Gasteiger partial charge in [0.1, 0.15) is 0 Å². The Kier molecular flexibility index (Phi) is 7.85. The second-order valence-electron chi connectivity index (χ2n) is 6.00. The van der Waals surface area contributed by atoms with Crippen LogP contribution in [0, 0.1) is 12.8 Å². The van der Waals surface area contributed by atoms with Gasteiger partial charge in [-0.25, -0.2) is 0 Å². The topological polar surface area (TPSA) is 3.24 Å². The number of anilines is 1. The van der Waals surface area contributed by atoms with Gasteiger partial charge in [0.2, 0.25) is 0 Å². The van der Waals surface area contributed by atoms with Crippen molar-refractivity contribution in [3.05, 3.63) is 29.3 Å². The van der Waals surface area contributed by atoms with Crippen LogP contribution in [0.5, 0.6) is 0 Å². The lowest BCUT2D eigenvalue weighted by Crippen LogP contribution is -2.37. The molecule has 21 heavy (non-hydrogen) atoms. The molecule has 0 radical (unpaired) electrons. The molecule has 120 valence electrons. The van der Waals surface area contributed by atoms with Gasteiger partial charge in [0.25, 0.3) is 0 Å². The summed E-state index contributed by atoms with van der Waals surface area (Å²) in [5.74, 6) is 0.920. The van der Waals surface area contributed by atoms with Crippen molar-refractivity contribution < 1.29 is 0 Å². The van der Waals surface area contributed by atoms with E-state index < -0.39 is 0 Å². The summed E-state index contributed by atoms with van der Waals surface area (Å²) >= 11 is 0. The molecule has 2 unspecified atom stereocenters. The molecule has 2 aliphatic rings. The zero-order valence-corrected chi connectivity index (χ0v) is 15.1. The number of rotatable bonds is 1. The Balaban J connectivity index is 0.000000510. The van der Waals surface area contributed by atoms with E-state index in [-0.39, 0.29) is 0 Å². The van der Waals surface area contributed by atoms with E-state index in [1.54, 1.807) is 5.56 Å². The summed E-state index contributed by atoms with van der Waals surface area (Å²) in [6.07, 6.45) is 6.90. The first-order valence-corrected chi connectivity index (χ1v) is 9.10. The van der Waals surface area contributed by atoms with Gasteiger partial charge >= 0.3 is 0 Å². The molecule has 1 heterocycles. The minimum Gasteiger partial charge on any atom is -0.368 e. The number of nitrogens with zero attached hydrogens (tertiary/aromatic N) is 1. The van der Waals surface area contributed by atoms with Gasteiger partial charge < -0.3 is 4.90 Å². The molecular weight excluding hydrogens is 254 g/mol. The predicted molar refractivity (Wildman–Crippen MR) is 96.3 cm³/mol. The highest BCUT2D eigenvalue weighted by Crippen LogP contribution is 2.36. The molecule has 1 aliphatic heterocycles. The van der Waals surface area contributed by atoms with Gasteiger partial charge in [-0.2, -0.15) is 0 Å². The van der Waals surface area contributed by atoms with Crippen LogP contribution in [0.4, 0.5) is 5.69 Å². The fourth-order valence-electron chi connectivity index (χ4n) is 3.62. The lowest BCUT2D eigenvalue weighted by molar-refractivity contribution is 0.332. The van der Waals surface area contributed by atoms with E-state index in [1.165, 1.54) is 49.9 Å². The molecule has 3 rings (SSSR count). The summed E-state index contributed by atoms with van der Waals surface area (Å²) in [6, 6.07) is 7.80. The van der Waals surface area contributed by atoms with E-state index in [1.807, 2.05) is 27.7 Å². The van der Waals surface area contributed by atoms with E-state index in [4.69, 9.17) is 0 Å². The number of hydrogen-bond donors (Lipinski definition) is 0. The zero-order valence-electron chi connectivity index (χ0n) is 15.1. The lowest BCUT2D eigenvalue weighted by atomic mass is 9.86. The molecule has 2 atom stereocenters. The lowest BCUT2D eigenvalue weighted by Gasteiger charge is -2.36. The summed E-state index contributed by atoms with van der Waals surface area (Å²) in [6.45, 7) is 13.9. The van der Waals surface area contributed by atoms with Crippen molar-refractivity contribution in [2.45, 2.75) is 79.7 Å². The van der Waals surface area contributed by atoms with Crippen molar-refractivity contribution in [3.63, 3.8) is 0 Å². The largest absolute Gasteiger partial charge is 0.368 e. The van der Waals surface area contributed by atoms with Crippen LogP contribution in [-0.2, 0) is 6.42 Å². The molecule has 1 aliphatic carbocycles. The summed E-state index contributed by atoms with van der Waals surface area (Å²) in [5.41, 5.74) is 4.50.